The molecule has 62 valence electrons. The number of amides is 2. The highest BCUT2D eigenvalue weighted by molar-refractivity contribution is 8.15. The number of carbonyl (C=O) groups excluding carboxylic acids is 2. The number of aliphatic hydroxyl groups is 1. The summed E-state index contributed by atoms with van der Waals surface area (Å²) in [6.07, 6.45) is 0. The Hall–Kier alpha value is -0.550. The van der Waals surface area contributed by atoms with Gasteiger partial charge in [0.25, 0.3) is 5.24 Å². The molecule has 1 atom stereocenters. The quantitative estimate of drug-likeness (QED) is 0.593. The summed E-state index contributed by atoms with van der Waals surface area (Å²) < 4.78 is 0. The van der Waals surface area contributed by atoms with Crippen LogP contribution in [0.4, 0.5) is 4.79 Å². The molecule has 1 aliphatic rings. The molecule has 5 heteroatoms. The summed E-state index contributed by atoms with van der Waals surface area (Å²) in [4.78, 5) is 21.5. The van der Waals surface area contributed by atoms with Gasteiger partial charge < -0.3 is 5.11 Å². The molecule has 11 heavy (non-hydrogen) atoms. The van der Waals surface area contributed by atoms with Gasteiger partial charge in [-0.05, 0) is 25.6 Å². The fourth-order valence-corrected chi connectivity index (χ4v) is 1.65. The van der Waals surface area contributed by atoms with Crippen molar-refractivity contribution in [3.63, 3.8) is 0 Å². The molecule has 1 fully saturated rings. The lowest BCUT2D eigenvalue weighted by Crippen LogP contribution is -2.40. The SMILES string of the molecule is CC(C)(O)C1SC(=O)NC1=O. The van der Waals surface area contributed by atoms with Crippen LogP contribution in [0.5, 0.6) is 0 Å². The van der Waals surface area contributed by atoms with E-state index in [2.05, 4.69) is 5.32 Å². The van der Waals surface area contributed by atoms with Crippen molar-refractivity contribution in [1.29, 1.82) is 0 Å². The maximum atomic E-state index is 10.9. The number of hydrogen-bond donors (Lipinski definition) is 2. The smallest absolute Gasteiger partial charge is 0.286 e. The van der Waals surface area contributed by atoms with Crippen molar-refractivity contribution in [2.24, 2.45) is 0 Å². The van der Waals surface area contributed by atoms with Gasteiger partial charge in [0, 0.05) is 0 Å². The Morgan fingerprint density at radius 2 is 2.09 bits per heavy atom. The summed E-state index contributed by atoms with van der Waals surface area (Å²) >= 11 is 0.831. The molecule has 0 aromatic heterocycles. The van der Waals surface area contributed by atoms with Gasteiger partial charge in [-0.1, -0.05) is 0 Å². The van der Waals surface area contributed by atoms with Crippen molar-refractivity contribution in [3.8, 4) is 0 Å². The van der Waals surface area contributed by atoms with Gasteiger partial charge in [-0.25, -0.2) is 0 Å². The molecular weight excluding hydrogens is 166 g/mol. The molecule has 0 bridgehead atoms. The average molecular weight is 175 g/mol. The molecule has 0 aromatic rings. The fourth-order valence-electron chi connectivity index (χ4n) is 0.821. The maximum Gasteiger partial charge on any atom is 0.286 e. The molecule has 0 radical (unpaired) electrons. The van der Waals surface area contributed by atoms with Crippen LogP contribution in [0.15, 0.2) is 0 Å². The van der Waals surface area contributed by atoms with Gasteiger partial charge in [0.2, 0.25) is 5.91 Å². The van der Waals surface area contributed by atoms with E-state index in [1.165, 1.54) is 13.8 Å². The van der Waals surface area contributed by atoms with Crippen molar-refractivity contribution in [2.45, 2.75) is 24.7 Å². The summed E-state index contributed by atoms with van der Waals surface area (Å²) in [6, 6.07) is 0. The molecule has 0 saturated carbocycles. The first kappa shape index (κ1) is 8.55. The minimum Gasteiger partial charge on any atom is -0.389 e. The van der Waals surface area contributed by atoms with Crippen LogP contribution in [0.2, 0.25) is 0 Å². The van der Waals surface area contributed by atoms with Gasteiger partial charge in [0.15, 0.2) is 0 Å². The van der Waals surface area contributed by atoms with Gasteiger partial charge in [-0.15, -0.1) is 0 Å². The standard InChI is InChI=1S/C6H9NO3S/c1-6(2,10)3-4(8)7-5(9)11-3/h3,10H,1-2H3,(H,7,8,9). The molecule has 2 amide bonds. The van der Waals surface area contributed by atoms with Gasteiger partial charge in [0.1, 0.15) is 5.25 Å². The first-order valence-electron chi connectivity index (χ1n) is 3.15. The van der Waals surface area contributed by atoms with E-state index in [1.54, 1.807) is 0 Å². The number of imide groups is 1. The first-order valence-corrected chi connectivity index (χ1v) is 4.03. The number of carbonyl (C=O) groups is 2. The summed E-state index contributed by atoms with van der Waals surface area (Å²) in [7, 11) is 0. The van der Waals surface area contributed by atoms with Crippen molar-refractivity contribution in [2.75, 3.05) is 0 Å². The molecule has 1 aliphatic heterocycles. The first-order chi connectivity index (χ1) is 4.91. The van der Waals surface area contributed by atoms with Crippen LogP contribution in [-0.4, -0.2) is 27.1 Å². The van der Waals surface area contributed by atoms with Crippen LogP contribution < -0.4 is 5.32 Å². The molecule has 0 aromatic carbocycles. The molecule has 2 N–H and O–H groups in total. The van der Waals surface area contributed by atoms with E-state index in [0.29, 0.717) is 0 Å². The van der Waals surface area contributed by atoms with Crippen LogP contribution in [0, 0.1) is 0 Å². The van der Waals surface area contributed by atoms with E-state index in [9.17, 15) is 14.7 Å². The normalized spacial score (nSPS) is 25.5. The van der Waals surface area contributed by atoms with Crippen LogP contribution >= 0.6 is 11.8 Å². The van der Waals surface area contributed by atoms with Crippen LogP contribution in [0.3, 0.4) is 0 Å². The van der Waals surface area contributed by atoms with E-state index in [0.717, 1.165) is 11.8 Å². The zero-order valence-corrected chi connectivity index (χ0v) is 7.07. The number of thioether (sulfide) groups is 1. The predicted molar refractivity (Wildman–Crippen MR) is 41.2 cm³/mol. The lowest BCUT2D eigenvalue weighted by molar-refractivity contribution is -0.122. The van der Waals surface area contributed by atoms with E-state index in [-0.39, 0.29) is 5.24 Å². The van der Waals surface area contributed by atoms with E-state index >= 15 is 0 Å². The Bertz CT molecular complexity index is 208. The van der Waals surface area contributed by atoms with Crippen molar-refractivity contribution in [3.05, 3.63) is 0 Å². The highest BCUT2D eigenvalue weighted by Crippen LogP contribution is 2.28. The lowest BCUT2D eigenvalue weighted by Gasteiger charge is -2.20. The zero-order valence-electron chi connectivity index (χ0n) is 6.25. The Morgan fingerprint density at radius 3 is 2.27 bits per heavy atom. The lowest BCUT2D eigenvalue weighted by atomic mass is 10.1. The largest absolute Gasteiger partial charge is 0.389 e. The predicted octanol–water partition coefficient (Wildman–Crippen LogP) is 0.109. The van der Waals surface area contributed by atoms with Crippen molar-refractivity contribution < 1.29 is 14.7 Å². The van der Waals surface area contributed by atoms with Crippen LogP contribution in [0.25, 0.3) is 0 Å². The third kappa shape index (κ3) is 1.72. The van der Waals surface area contributed by atoms with Crippen LogP contribution in [-0.2, 0) is 4.79 Å². The second-order valence-electron chi connectivity index (χ2n) is 2.93. The van der Waals surface area contributed by atoms with Gasteiger partial charge in [-0.2, -0.15) is 0 Å². The Morgan fingerprint density at radius 1 is 1.55 bits per heavy atom. The summed E-state index contributed by atoms with van der Waals surface area (Å²) in [5.41, 5.74) is -1.14. The maximum absolute atomic E-state index is 10.9. The monoisotopic (exact) mass is 175 g/mol. The van der Waals surface area contributed by atoms with Crippen molar-refractivity contribution >= 4 is 22.9 Å². The Balaban J connectivity index is 2.76. The summed E-state index contributed by atoms with van der Waals surface area (Å²) in [5.74, 6) is -0.410. The molecule has 1 heterocycles. The zero-order chi connectivity index (χ0) is 8.65. The third-order valence-electron chi connectivity index (χ3n) is 1.33. The minimum absolute atomic E-state index is 0.387. The Kier molecular flexibility index (Phi) is 1.94. The Labute approximate surface area is 68.3 Å². The fraction of sp³-hybridized carbons (Fsp3) is 0.667. The number of rotatable bonds is 1. The van der Waals surface area contributed by atoms with Gasteiger partial charge in [0.05, 0.1) is 5.60 Å². The molecular formula is C6H9NO3S. The number of nitrogens with one attached hydrogen (secondary N) is 1. The molecule has 1 saturated heterocycles. The number of hydrogen-bond acceptors (Lipinski definition) is 4. The van der Waals surface area contributed by atoms with E-state index < -0.39 is 16.8 Å². The second kappa shape index (κ2) is 2.49. The second-order valence-corrected chi connectivity index (χ2v) is 4.01. The minimum atomic E-state index is -1.14. The highest BCUT2D eigenvalue weighted by atomic mass is 32.2. The van der Waals surface area contributed by atoms with Crippen molar-refractivity contribution in [1.82, 2.24) is 5.32 Å². The summed E-state index contributed by atoms with van der Waals surface area (Å²) in [6.45, 7) is 3.01. The van der Waals surface area contributed by atoms with E-state index in [1.807, 2.05) is 0 Å². The molecule has 4 nitrogen and oxygen atoms in total. The molecule has 1 unspecified atom stereocenters. The molecule has 0 aliphatic carbocycles. The summed E-state index contributed by atoms with van der Waals surface area (Å²) in [5, 5.41) is 10.4. The molecule has 1 rings (SSSR count). The van der Waals surface area contributed by atoms with Gasteiger partial charge >= 0.3 is 0 Å². The third-order valence-corrected chi connectivity index (χ3v) is 2.67. The highest BCUT2D eigenvalue weighted by Gasteiger charge is 2.41. The molecule has 0 spiro atoms. The van der Waals surface area contributed by atoms with Gasteiger partial charge in [-0.3, -0.25) is 14.9 Å². The van der Waals surface area contributed by atoms with Crippen LogP contribution in [0.1, 0.15) is 13.8 Å². The van der Waals surface area contributed by atoms with E-state index in [4.69, 9.17) is 0 Å². The average Bonchev–Trinajstić information content (AvgIpc) is 2.08. The topological polar surface area (TPSA) is 66.4 Å².